The minimum Gasteiger partial charge on any atom is -0.389 e. The Balaban J connectivity index is 1.52. The third-order valence-electron chi connectivity index (χ3n) is 4.73. The summed E-state index contributed by atoms with van der Waals surface area (Å²) < 4.78 is 25.4. The normalized spacial score (nSPS) is 18.1. The maximum absolute atomic E-state index is 14.0. The van der Waals surface area contributed by atoms with Crippen LogP contribution in [-0.2, 0) is 22.6 Å². The molecule has 0 amide bonds. The molecule has 0 aromatic heterocycles. The molecule has 2 aromatic rings. The molecule has 0 bridgehead atoms. The highest BCUT2D eigenvalue weighted by Crippen LogP contribution is 2.17. The number of halogens is 1. The zero-order valence-electron chi connectivity index (χ0n) is 15.6. The molecule has 4 nitrogen and oxygen atoms in total. The largest absolute Gasteiger partial charge is 0.389 e. The number of aliphatic hydroxyl groups is 1. The van der Waals surface area contributed by atoms with Gasteiger partial charge in [0.05, 0.1) is 25.4 Å². The molecule has 3 rings (SSSR count). The number of rotatable bonds is 10. The Hall–Kier alpha value is -1.79. The molecule has 27 heavy (non-hydrogen) atoms. The molecule has 1 aliphatic rings. The molecule has 0 spiro atoms. The summed E-state index contributed by atoms with van der Waals surface area (Å²) in [6.45, 7) is 3.04. The van der Waals surface area contributed by atoms with Gasteiger partial charge in [0.15, 0.2) is 0 Å². The van der Waals surface area contributed by atoms with E-state index in [1.54, 1.807) is 12.1 Å². The molecule has 1 fully saturated rings. The second kappa shape index (κ2) is 10.5. The lowest BCUT2D eigenvalue weighted by atomic mass is 10.1. The van der Waals surface area contributed by atoms with Gasteiger partial charge in [-0.2, -0.15) is 0 Å². The van der Waals surface area contributed by atoms with Crippen molar-refractivity contribution in [3.8, 4) is 0 Å². The van der Waals surface area contributed by atoms with E-state index >= 15 is 0 Å². The van der Waals surface area contributed by atoms with E-state index in [1.807, 2.05) is 36.4 Å². The number of benzene rings is 2. The first-order valence-corrected chi connectivity index (χ1v) is 9.58. The van der Waals surface area contributed by atoms with Crippen LogP contribution in [0.3, 0.4) is 0 Å². The standard InChI is InChI=1S/C22H28FNO3/c23-22-11-5-4-9-19(22)13-24(15-21-10-6-12-27-21)14-20(25)17-26-16-18-7-2-1-3-8-18/h1-5,7-9,11,20-21,25H,6,10,12-17H2. The van der Waals surface area contributed by atoms with E-state index in [4.69, 9.17) is 9.47 Å². The molecule has 1 N–H and O–H groups in total. The van der Waals surface area contributed by atoms with E-state index in [-0.39, 0.29) is 18.5 Å². The fourth-order valence-corrected chi connectivity index (χ4v) is 3.39. The van der Waals surface area contributed by atoms with Gasteiger partial charge in [-0.25, -0.2) is 4.39 Å². The number of nitrogens with zero attached hydrogens (tertiary/aromatic N) is 1. The predicted molar refractivity (Wildman–Crippen MR) is 103 cm³/mol. The summed E-state index contributed by atoms with van der Waals surface area (Å²) in [7, 11) is 0. The Labute approximate surface area is 160 Å². The minimum absolute atomic E-state index is 0.147. The van der Waals surface area contributed by atoms with Crippen molar-refractivity contribution in [1.82, 2.24) is 4.90 Å². The molecule has 2 atom stereocenters. The van der Waals surface area contributed by atoms with Crippen molar-refractivity contribution in [3.05, 3.63) is 71.5 Å². The van der Waals surface area contributed by atoms with Gasteiger partial charge in [-0.15, -0.1) is 0 Å². The van der Waals surface area contributed by atoms with Gasteiger partial charge >= 0.3 is 0 Å². The first-order valence-electron chi connectivity index (χ1n) is 9.58. The average molecular weight is 373 g/mol. The summed E-state index contributed by atoms with van der Waals surface area (Å²) in [6.07, 6.45) is 1.58. The topological polar surface area (TPSA) is 41.9 Å². The number of aliphatic hydroxyl groups excluding tert-OH is 1. The summed E-state index contributed by atoms with van der Waals surface area (Å²) in [5.41, 5.74) is 1.71. The summed E-state index contributed by atoms with van der Waals surface area (Å²) in [4.78, 5) is 2.06. The Kier molecular flexibility index (Phi) is 7.78. The van der Waals surface area contributed by atoms with E-state index in [2.05, 4.69) is 4.90 Å². The molecular weight excluding hydrogens is 345 g/mol. The molecule has 0 saturated carbocycles. The third-order valence-corrected chi connectivity index (χ3v) is 4.73. The highest BCUT2D eigenvalue weighted by atomic mass is 19.1. The van der Waals surface area contributed by atoms with Crippen LogP contribution in [0.15, 0.2) is 54.6 Å². The quantitative estimate of drug-likeness (QED) is 0.693. The van der Waals surface area contributed by atoms with Gasteiger partial charge in [0.2, 0.25) is 0 Å². The smallest absolute Gasteiger partial charge is 0.127 e. The van der Waals surface area contributed by atoms with Crippen LogP contribution in [0.2, 0.25) is 0 Å². The van der Waals surface area contributed by atoms with Crippen LogP contribution in [-0.4, -0.2) is 48.5 Å². The number of hydrogen-bond donors (Lipinski definition) is 1. The monoisotopic (exact) mass is 373 g/mol. The number of ether oxygens (including phenoxy) is 2. The Morgan fingerprint density at radius 3 is 2.67 bits per heavy atom. The molecule has 1 aliphatic heterocycles. The van der Waals surface area contributed by atoms with E-state index < -0.39 is 6.10 Å². The molecule has 0 aliphatic carbocycles. The van der Waals surface area contributed by atoms with Crippen LogP contribution in [0.5, 0.6) is 0 Å². The van der Waals surface area contributed by atoms with Gasteiger partial charge in [-0.3, -0.25) is 4.90 Å². The van der Waals surface area contributed by atoms with Crippen molar-refractivity contribution in [2.45, 2.75) is 38.2 Å². The highest BCUT2D eigenvalue weighted by Gasteiger charge is 2.22. The van der Waals surface area contributed by atoms with Gasteiger partial charge in [0.25, 0.3) is 0 Å². The summed E-state index contributed by atoms with van der Waals surface area (Å²) in [5, 5.41) is 10.4. The fourth-order valence-electron chi connectivity index (χ4n) is 3.39. The van der Waals surface area contributed by atoms with Gasteiger partial charge < -0.3 is 14.6 Å². The van der Waals surface area contributed by atoms with Crippen LogP contribution >= 0.6 is 0 Å². The maximum atomic E-state index is 14.0. The second-order valence-electron chi connectivity index (χ2n) is 7.08. The molecule has 0 radical (unpaired) electrons. The molecule has 2 unspecified atom stereocenters. The molecular formula is C22H28FNO3. The zero-order valence-corrected chi connectivity index (χ0v) is 15.6. The minimum atomic E-state index is -0.637. The van der Waals surface area contributed by atoms with Crippen molar-refractivity contribution < 1.29 is 19.0 Å². The van der Waals surface area contributed by atoms with Crippen LogP contribution in [0.25, 0.3) is 0 Å². The first kappa shape index (κ1) is 20.0. The van der Waals surface area contributed by atoms with Gasteiger partial charge in [-0.1, -0.05) is 48.5 Å². The molecule has 5 heteroatoms. The SMILES string of the molecule is OC(COCc1ccccc1)CN(Cc1ccccc1F)CC1CCCO1. The van der Waals surface area contributed by atoms with E-state index in [0.717, 1.165) is 25.0 Å². The second-order valence-corrected chi connectivity index (χ2v) is 7.08. The van der Waals surface area contributed by atoms with Gasteiger partial charge in [0.1, 0.15) is 5.82 Å². The predicted octanol–water partition coefficient (Wildman–Crippen LogP) is 3.38. The highest BCUT2D eigenvalue weighted by molar-refractivity contribution is 5.17. The summed E-state index contributed by atoms with van der Waals surface area (Å²) >= 11 is 0. The van der Waals surface area contributed by atoms with Crippen molar-refractivity contribution >= 4 is 0 Å². The third kappa shape index (κ3) is 6.70. The van der Waals surface area contributed by atoms with E-state index in [1.165, 1.54) is 6.07 Å². The van der Waals surface area contributed by atoms with E-state index in [9.17, 15) is 9.50 Å². The summed E-state index contributed by atoms with van der Waals surface area (Å²) in [5.74, 6) is -0.218. The lowest BCUT2D eigenvalue weighted by Crippen LogP contribution is -2.39. The van der Waals surface area contributed by atoms with Crippen LogP contribution in [0.1, 0.15) is 24.0 Å². The van der Waals surface area contributed by atoms with Crippen LogP contribution in [0, 0.1) is 5.82 Å². The lowest BCUT2D eigenvalue weighted by Gasteiger charge is -2.27. The fraction of sp³-hybridized carbons (Fsp3) is 0.455. The average Bonchev–Trinajstić information content (AvgIpc) is 3.17. The lowest BCUT2D eigenvalue weighted by molar-refractivity contribution is -0.00308. The van der Waals surface area contributed by atoms with Crippen molar-refractivity contribution in [2.75, 3.05) is 26.3 Å². The Bertz CT molecular complexity index is 676. The Morgan fingerprint density at radius 1 is 1.15 bits per heavy atom. The molecule has 146 valence electrons. The zero-order chi connectivity index (χ0) is 18.9. The molecule has 2 aromatic carbocycles. The van der Waals surface area contributed by atoms with Crippen molar-refractivity contribution in [3.63, 3.8) is 0 Å². The van der Waals surface area contributed by atoms with Gasteiger partial charge in [-0.05, 0) is 24.5 Å². The first-order chi connectivity index (χ1) is 13.2. The molecule has 1 saturated heterocycles. The van der Waals surface area contributed by atoms with Crippen molar-refractivity contribution in [1.29, 1.82) is 0 Å². The van der Waals surface area contributed by atoms with Crippen molar-refractivity contribution in [2.24, 2.45) is 0 Å². The maximum Gasteiger partial charge on any atom is 0.127 e. The molecule has 1 heterocycles. The van der Waals surface area contributed by atoms with Crippen LogP contribution in [0.4, 0.5) is 4.39 Å². The van der Waals surface area contributed by atoms with Crippen LogP contribution < -0.4 is 0 Å². The van der Waals surface area contributed by atoms with Gasteiger partial charge in [0, 0.05) is 31.8 Å². The number of hydrogen-bond acceptors (Lipinski definition) is 4. The Morgan fingerprint density at radius 2 is 1.93 bits per heavy atom. The summed E-state index contributed by atoms with van der Waals surface area (Å²) in [6, 6.07) is 16.7. The van der Waals surface area contributed by atoms with E-state index in [0.29, 0.717) is 31.8 Å².